The molecular weight excluding hydrogens is 386 g/mol. The minimum atomic E-state index is -0.502. The number of carbonyl (C=O) groups is 1. The Kier molecular flexibility index (Phi) is 4.26. The Hall–Kier alpha value is -3.63. The maximum atomic E-state index is 12.4. The SMILES string of the molecule is O=C1OC(c2cccc3ccccc23)=N/C1=C\c1ccc(-c2ccc(Cl)cc2)o1. The summed E-state index contributed by atoms with van der Waals surface area (Å²) in [5.41, 5.74) is 1.87. The molecule has 5 heteroatoms. The van der Waals surface area contributed by atoms with Crippen molar-refractivity contribution in [1.82, 2.24) is 0 Å². The van der Waals surface area contributed by atoms with Gasteiger partial charge in [0.25, 0.3) is 0 Å². The molecule has 0 saturated carbocycles. The monoisotopic (exact) mass is 399 g/mol. The molecule has 1 aromatic heterocycles. The molecular formula is C24H14ClNO3. The first-order valence-corrected chi connectivity index (χ1v) is 9.42. The molecule has 0 aliphatic carbocycles. The number of cyclic esters (lactones) is 1. The van der Waals surface area contributed by atoms with E-state index in [0.717, 1.165) is 21.9 Å². The highest BCUT2D eigenvalue weighted by Gasteiger charge is 2.25. The number of carbonyl (C=O) groups excluding carboxylic acids is 1. The van der Waals surface area contributed by atoms with Gasteiger partial charge in [-0.1, -0.05) is 48.0 Å². The van der Waals surface area contributed by atoms with E-state index in [0.29, 0.717) is 22.4 Å². The van der Waals surface area contributed by atoms with Crippen molar-refractivity contribution >= 4 is 40.3 Å². The van der Waals surface area contributed by atoms with Gasteiger partial charge in [0.2, 0.25) is 5.90 Å². The molecule has 4 nitrogen and oxygen atoms in total. The van der Waals surface area contributed by atoms with Crippen LogP contribution in [0.25, 0.3) is 28.2 Å². The molecule has 0 radical (unpaired) electrons. The van der Waals surface area contributed by atoms with Gasteiger partial charge in [-0.05, 0) is 53.2 Å². The van der Waals surface area contributed by atoms with E-state index >= 15 is 0 Å². The summed E-state index contributed by atoms with van der Waals surface area (Å²) in [7, 11) is 0. The van der Waals surface area contributed by atoms with Crippen LogP contribution in [-0.2, 0) is 9.53 Å². The third kappa shape index (κ3) is 3.35. The second-order valence-corrected chi connectivity index (χ2v) is 7.01. The van der Waals surface area contributed by atoms with Gasteiger partial charge in [0.05, 0.1) is 0 Å². The van der Waals surface area contributed by atoms with Crippen LogP contribution in [0.4, 0.5) is 0 Å². The number of halogens is 1. The van der Waals surface area contributed by atoms with E-state index in [1.807, 2.05) is 60.7 Å². The molecule has 3 aromatic carbocycles. The fourth-order valence-electron chi connectivity index (χ4n) is 3.27. The molecule has 140 valence electrons. The maximum Gasteiger partial charge on any atom is 0.363 e. The Morgan fingerprint density at radius 2 is 1.66 bits per heavy atom. The van der Waals surface area contributed by atoms with E-state index in [9.17, 15) is 4.79 Å². The van der Waals surface area contributed by atoms with Crippen molar-refractivity contribution in [3.05, 3.63) is 101 Å². The number of furan rings is 1. The molecule has 0 N–H and O–H groups in total. The number of hydrogen-bond acceptors (Lipinski definition) is 4. The molecule has 0 saturated heterocycles. The van der Waals surface area contributed by atoms with Crippen molar-refractivity contribution in [1.29, 1.82) is 0 Å². The van der Waals surface area contributed by atoms with Crippen LogP contribution < -0.4 is 0 Å². The fourth-order valence-corrected chi connectivity index (χ4v) is 3.40. The van der Waals surface area contributed by atoms with Gasteiger partial charge in [-0.25, -0.2) is 9.79 Å². The van der Waals surface area contributed by atoms with Crippen LogP contribution in [0.2, 0.25) is 5.02 Å². The molecule has 0 fully saturated rings. The number of hydrogen-bond donors (Lipinski definition) is 0. The average Bonchev–Trinajstić information content (AvgIpc) is 3.35. The first-order chi connectivity index (χ1) is 14.2. The number of ether oxygens (including phenoxy) is 1. The summed E-state index contributed by atoms with van der Waals surface area (Å²) in [4.78, 5) is 16.8. The minimum Gasteiger partial charge on any atom is -0.457 e. The highest BCUT2D eigenvalue weighted by Crippen LogP contribution is 2.27. The largest absolute Gasteiger partial charge is 0.457 e. The predicted molar refractivity (Wildman–Crippen MR) is 114 cm³/mol. The summed E-state index contributed by atoms with van der Waals surface area (Å²) in [6, 6.07) is 24.7. The van der Waals surface area contributed by atoms with Crippen molar-refractivity contribution < 1.29 is 13.9 Å². The lowest BCUT2D eigenvalue weighted by atomic mass is 10.0. The molecule has 4 aromatic rings. The number of esters is 1. The Labute approximate surface area is 171 Å². The van der Waals surface area contributed by atoms with Gasteiger partial charge < -0.3 is 9.15 Å². The Morgan fingerprint density at radius 1 is 0.862 bits per heavy atom. The van der Waals surface area contributed by atoms with Crippen molar-refractivity contribution in [2.75, 3.05) is 0 Å². The van der Waals surface area contributed by atoms with Crippen LogP contribution in [-0.4, -0.2) is 11.9 Å². The van der Waals surface area contributed by atoms with Crippen molar-refractivity contribution in [2.45, 2.75) is 0 Å². The molecule has 1 aliphatic rings. The third-order valence-corrected chi connectivity index (χ3v) is 4.93. The second-order valence-electron chi connectivity index (χ2n) is 6.57. The highest BCUT2D eigenvalue weighted by molar-refractivity contribution is 6.30. The van der Waals surface area contributed by atoms with Gasteiger partial charge in [-0.15, -0.1) is 0 Å². The first kappa shape index (κ1) is 17.5. The van der Waals surface area contributed by atoms with Crippen LogP contribution in [0, 0.1) is 0 Å². The van der Waals surface area contributed by atoms with E-state index in [1.165, 1.54) is 0 Å². The van der Waals surface area contributed by atoms with E-state index in [1.54, 1.807) is 24.3 Å². The minimum absolute atomic E-state index is 0.199. The number of aliphatic imine (C=N–C) groups is 1. The van der Waals surface area contributed by atoms with Gasteiger partial charge in [0, 0.05) is 22.2 Å². The van der Waals surface area contributed by atoms with E-state index in [-0.39, 0.29) is 5.70 Å². The third-order valence-electron chi connectivity index (χ3n) is 4.68. The summed E-state index contributed by atoms with van der Waals surface area (Å²) in [5.74, 6) is 0.989. The summed E-state index contributed by atoms with van der Waals surface area (Å²) in [5, 5.41) is 2.69. The molecule has 2 heterocycles. The smallest absolute Gasteiger partial charge is 0.363 e. The number of benzene rings is 3. The van der Waals surface area contributed by atoms with Crippen LogP contribution in [0.1, 0.15) is 11.3 Å². The van der Waals surface area contributed by atoms with Crippen LogP contribution >= 0.6 is 11.6 Å². The van der Waals surface area contributed by atoms with E-state index in [2.05, 4.69) is 4.99 Å². The van der Waals surface area contributed by atoms with Crippen LogP contribution in [0.3, 0.4) is 0 Å². The van der Waals surface area contributed by atoms with Gasteiger partial charge in [-0.3, -0.25) is 0 Å². The van der Waals surface area contributed by atoms with Gasteiger partial charge in [0.1, 0.15) is 11.5 Å². The Morgan fingerprint density at radius 3 is 2.52 bits per heavy atom. The summed E-state index contributed by atoms with van der Waals surface area (Å²) >= 11 is 5.93. The van der Waals surface area contributed by atoms with Gasteiger partial charge >= 0.3 is 5.97 Å². The van der Waals surface area contributed by atoms with Crippen molar-refractivity contribution in [3.63, 3.8) is 0 Å². The zero-order chi connectivity index (χ0) is 19.8. The first-order valence-electron chi connectivity index (χ1n) is 9.04. The lowest BCUT2D eigenvalue weighted by molar-refractivity contribution is -0.129. The van der Waals surface area contributed by atoms with Gasteiger partial charge in [0.15, 0.2) is 5.70 Å². The Balaban J connectivity index is 1.49. The predicted octanol–water partition coefficient (Wildman–Crippen LogP) is 6.10. The molecule has 0 unspecified atom stereocenters. The summed E-state index contributed by atoms with van der Waals surface area (Å²) in [6.07, 6.45) is 1.58. The molecule has 5 rings (SSSR count). The number of fused-ring (bicyclic) bond motifs is 1. The summed E-state index contributed by atoms with van der Waals surface area (Å²) < 4.78 is 11.3. The molecule has 1 aliphatic heterocycles. The topological polar surface area (TPSA) is 51.8 Å². The lowest BCUT2D eigenvalue weighted by Crippen LogP contribution is -2.05. The average molecular weight is 400 g/mol. The lowest BCUT2D eigenvalue weighted by Gasteiger charge is -2.04. The normalized spacial score (nSPS) is 15.0. The second kappa shape index (κ2) is 7.08. The number of nitrogens with zero attached hydrogens (tertiary/aromatic N) is 1. The Bertz CT molecular complexity index is 1290. The highest BCUT2D eigenvalue weighted by atomic mass is 35.5. The van der Waals surface area contributed by atoms with E-state index in [4.69, 9.17) is 20.8 Å². The zero-order valence-electron chi connectivity index (χ0n) is 15.1. The van der Waals surface area contributed by atoms with Crippen molar-refractivity contribution in [3.8, 4) is 11.3 Å². The maximum absolute atomic E-state index is 12.4. The standard InChI is InChI=1S/C24H14ClNO3/c25-17-10-8-16(9-11-17)22-13-12-18(28-22)14-21-24(27)29-23(26-21)20-7-3-5-15-4-1-2-6-19(15)20/h1-14H/b21-14-. The molecule has 0 bridgehead atoms. The molecule has 29 heavy (non-hydrogen) atoms. The van der Waals surface area contributed by atoms with Crippen LogP contribution in [0.15, 0.2) is 94.0 Å². The molecule has 0 atom stereocenters. The molecule has 0 spiro atoms. The fraction of sp³-hybridized carbons (Fsp3) is 0. The zero-order valence-corrected chi connectivity index (χ0v) is 15.9. The van der Waals surface area contributed by atoms with E-state index < -0.39 is 5.97 Å². The quantitative estimate of drug-likeness (QED) is 0.309. The summed E-state index contributed by atoms with van der Waals surface area (Å²) in [6.45, 7) is 0. The van der Waals surface area contributed by atoms with Gasteiger partial charge in [-0.2, -0.15) is 0 Å². The molecule has 0 amide bonds. The number of rotatable bonds is 3. The van der Waals surface area contributed by atoms with Crippen molar-refractivity contribution in [2.24, 2.45) is 4.99 Å². The van der Waals surface area contributed by atoms with Crippen LogP contribution in [0.5, 0.6) is 0 Å².